The summed E-state index contributed by atoms with van der Waals surface area (Å²) in [5, 5.41) is 0. The van der Waals surface area contributed by atoms with Gasteiger partial charge in [0.2, 0.25) is 0 Å². The molecule has 1 aromatic rings. The SMILES string of the molecule is COC(=O)CC1(CSc2ccccc2C=O)CC1. The summed E-state index contributed by atoms with van der Waals surface area (Å²) in [6.07, 6.45) is 3.50. The van der Waals surface area contributed by atoms with Gasteiger partial charge >= 0.3 is 5.97 Å². The molecular weight excluding hydrogens is 248 g/mol. The zero-order valence-electron chi connectivity index (χ0n) is 10.3. The Hall–Kier alpha value is -1.29. The van der Waals surface area contributed by atoms with E-state index >= 15 is 0 Å². The molecule has 0 radical (unpaired) electrons. The van der Waals surface area contributed by atoms with Gasteiger partial charge in [-0.15, -0.1) is 11.8 Å². The van der Waals surface area contributed by atoms with Crippen LogP contribution >= 0.6 is 11.8 Å². The first-order valence-electron chi connectivity index (χ1n) is 5.93. The minimum absolute atomic E-state index is 0.0910. The van der Waals surface area contributed by atoms with Crippen molar-refractivity contribution in [2.24, 2.45) is 5.41 Å². The third-order valence-corrected chi connectivity index (χ3v) is 4.72. The summed E-state index contributed by atoms with van der Waals surface area (Å²) in [6.45, 7) is 0. The van der Waals surface area contributed by atoms with E-state index in [0.29, 0.717) is 6.42 Å². The van der Waals surface area contributed by atoms with E-state index in [4.69, 9.17) is 4.74 Å². The van der Waals surface area contributed by atoms with Crippen molar-refractivity contribution in [3.8, 4) is 0 Å². The minimum atomic E-state index is -0.142. The predicted molar refractivity (Wildman–Crippen MR) is 70.9 cm³/mol. The molecule has 0 saturated heterocycles. The fourth-order valence-corrected chi connectivity index (χ4v) is 3.18. The maximum atomic E-state index is 11.3. The Morgan fingerprint density at radius 3 is 2.78 bits per heavy atom. The molecule has 2 rings (SSSR count). The average molecular weight is 264 g/mol. The minimum Gasteiger partial charge on any atom is -0.469 e. The number of thioether (sulfide) groups is 1. The fraction of sp³-hybridized carbons (Fsp3) is 0.429. The highest BCUT2D eigenvalue weighted by atomic mass is 32.2. The van der Waals surface area contributed by atoms with Crippen molar-refractivity contribution < 1.29 is 14.3 Å². The van der Waals surface area contributed by atoms with E-state index in [0.717, 1.165) is 35.3 Å². The summed E-state index contributed by atoms with van der Waals surface area (Å²) < 4.78 is 4.72. The number of ether oxygens (including phenoxy) is 1. The van der Waals surface area contributed by atoms with Crippen LogP contribution in [0.1, 0.15) is 29.6 Å². The van der Waals surface area contributed by atoms with Gasteiger partial charge < -0.3 is 4.74 Å². The van der Waals surface area contributed by atoms with Crippen LogP contribution in [0.5, 0.6) is 0 Å². The highest BCUT2D eigenvalue weighted by molar-refractivity contribution is 7.99. The predicted octanol–water partition coefficient (Wildman–Crippen LogP) is 2.93. The standard InChI is InChI=1S/C14H16O3S/c1-17-13(16)8-14(6-7-14)10-18-12-5-3-2-4-11(12)9-15/h2-5,9H,6-8,10H2,1H3. The van der Waals surface area contributed by atoms with Gasteiger partial charge in [-0.05, 0) is 24.3 Å². The Kier molecular flexibility index (Phi) is 4.07. The van der Waals surface area contributed by atoms with Gasteiger partial charge in [-0.1, -0.05) is 18.2 Å². The topological polar surface area (TPSA) is 43.4 Å². The molecule has 1 aliphatic carbocycles. The van der Waals surface area contributed by atoms with Crippen LogP contribution in [0.3, 0.4) is 0 Å². The van der Waals surface area contributed by atoms with Crippen molar-refractivity contribution in [1.82, 2.24) is 0 Å². The molecular formula is C14H16O3S. The van der Waals surface area contributed by atoms with Crippen molar-refractivity contribution in [3.05, 3.63) is 29.8 Å². The van der Waals surface area contributed by atoms with Gasteiger partial charge in [0.05, 0.1) is 13.5 Å². The molecule has 0 atom stereocenters. The average Bonchev–Trinajstić information content (AvgIpc) is 3.16. The van der Waals surface area contributed by atoms with Gasteiger partial charge in [-0.25, -0.2) is 0 Å². The van der Waals surface area contributed by atoms with E-state index in [1.54, 1.807) is 11.8 Å². The van der Waals surface area contributed by atoms with Crippen LogP contribution in [0.25, 0.3) is 0 Å². The number of hydrogen-bond donors (Lipinski definition) is 0. The number of rotatable bonds is 6. The van der Waals surface area contributed by atoms with E-state index in [2.05, 4.69) is 0 Å². The Labute approximate surface area is 111 Å². The zero-order valence-corrected chi connectivity index (χ0v) is 11.2. The summed E-state index contributed by atoms with van der Waals surface area (Å²) in [7, 11) is 1.42. The first-order valence-corrected chi connectivity index (χ1v) is 6.91. The monoisotopic (exact) mass is 264 g/mol. The molecule has 0 bridgehead atoms. The Morgan fingerprint density at radius 1 is 1.44 bits per heavy atom. The van der Waals surface area contributed by atoms with E-state index in [1.165, 1.54) is 7.11 Å². The van der Waals surface area contributed by atoms with E-state index in [-0.39, 0.29) is 11.4 Å². The third kappa shape index (κ3) is 3.13. The van der Waals surface area contributed by atoms with Crippen LogP contribution in [-0.4, -0.2) is 25.1 Å². The van der Waals surface area contributed by atoms with Gasteiger partial charge in [-0.3, -0.25) is 9.59 Å². The second-order valence-corrected chi connectivity index (χ2v) is 5.71. The summed E-state index contributed by atoms with van der Waals surface area (Å²) >= 11 is 1.65. The number of methoxy groups -OCH3 is 1. The highest BCUT2D eigenvalue weighted by Crippen LogP contribution is 2.52. The Bertz CT molecular complexity index is 452. The lowest BCUT2D eigenvalue weighted by atomic mass is 10.1. The lowest BCUT2D eigenvalue weighted by Crippen LogP contribution is -2.13. The smallest absolute Gasteiger partial charge is 0.306 e. The molecule has 0 spiro atoms. The van der Waals surface area contributed by atoms with Crippen LogP contribution in [-0.2, 0) is 9.53 Å². The molecule has 96 valence electrons. The van der Waals surface area contributed by atoms with E-state index in [9.17, 15) is 9.59 Å². The molecule has 18 heavy (non-hydrogen) atoms. The van der Waals surface area contributed by atoms with Crippen LogP contribution in [0, 0.1) is 5.41 Å². The number of carbonyl (C=O) groups is 2. The van der Waals surface area contributed by atoms with Gasteiger partial charge in [0.25, 0.3) is 0 Å². The number of esters is 1. The summed E-state index contributed by atoms with van der Waals surface area (Å²) in [5.74, 6) is 0.726. The summed E-state index contributed by atoms with van der Waals surface area (Å²) in [6, 6.07) is 7.54. The first kappa shape index (κ1) is 13.1. The number of aldehydes is 1. The number of carbonyl (C=O) groups excluding carboxylic acids is 2. The highest BCUT2D eigenvalue weighted by Gasteiger charge is 2.44. The molecule has 0 aromatic heterocycles. The van der Waals surface area contributed by atoms with Gasteiger partial charge in [0.15, 0.2) is 6.29 Å². The van der Waals surface area contributed by atoms with Crippen LogP contribution < -0.4 is 0 Å². The molecule has 0 amide bonds. The zero-order chi connectivity index (χ0) is 13.0. The van der Waals surface area contributed by atoms with E-state index in [1.807, 2.05) is 24.3 Å². The molecule has 0 heterocycles. The van der Waals surface area contributed by atoms with Crippen LogP contribution in [0.15, 0.2) is 29.2 Å². The molecule has 1 aromatic carbocycles. The normalized spacial score (nSPS) is 16.1. The second kappa shape index (κ2) is 5.57. The molecule has 1 fully saturated rings. The van der Waals surface area contributed by atoms with Gasteiger partial charge in [0.1, 0.15) is 0 Å². The Morgan fingerprint density at radius 2 is 2.17 bits per heavy atom. The lowest BCUT2D eigenvalue weighted by Gasteiger charge is -2.13. The first-order chi connectivity index (χ1) is 8.69. The summed E-state index contributed by atoms with van der Waals surface area (Å²) in [4.78, 5) is 23.2. The Balaban J connectivity index is 1.95. The van der Waals surface area contributed by atoms with Gasteiger partial charge in [0, 0.05) is 16.2 Å². The lowest BCUT2D eigenvalue weighted by molar-refractivity contribution is -0.141. The molecule has 4 heteroatoms. The molecule has 0 N–H and O–H groups in total. The molecule has 1 aliphatic rings. The van der Waals surface area contributed by atoms with Crippen LogP contribution in [0.4, 0.5) is 0 Å². The summed E-state index contributed by atoms with van der Waals surface area (Å²) in [5.41, 5.74) is 0.810. The van der Waals surface area contributed by atoms with Crippen molar-refractivity contribution in [3.63, 3.8) is 0 Å². The van der Waals surface area contributed by atoms with Gasteiger partial charge in [-0.2, -0.15) is 0 Å². The maximum absolute atomic E-state index is 11.3. The van der Waals surface area contributed by atoms with E-state index < -0.39 is 0 Å². The van der Waals surface area contributed by atoms with Crippen molar-refractivity contribution in [1.29, 1.82) is 0 Å². The molecule has 3 nitrogen and oxygen atoms in total. The van der Waals surface area contributed by atoms with Crippen molar-refractivity contribution in [2.75, 3.05) is 12.9 Å². The second-order valence-electron chi connectivity index (χ2n) is 4.70. The third-order valence-electron chi connectivity index (χ3n) is 3.28. The maximum Gasteiger partial charge on any atom is 0.306 e. The number of hydrogen-bond acceptors (Lipinski definition) is 4. The molecule has 0 aliphatic heterocycles. The van der Waals surface area contributed by atoms with Crippen LogP contribution in [0.2, 0.25) is 0 Å². The fourth-order valence-electron chi connectivity index (χ4n) is 1.87. The van der Waals surface area contributed by atoms with Crippen molar-refractivity contribution >= 4 is 24.0 Å². The quantitative estimate of drug-likeness (QED) is 0.450. The largest absolute Gasteiger partial charge is 0.469 e. The molecule has 1 saturated carbocycles. The number of benzene rings is 1. The van der Waals surface area contributed by atoms with Crippen molar-refractivity contribution in [2.45, 2.75) is 24.2 Å². The molecule has 0 unspecified atom stereocenters.